The zero-order valence-corrected chi connectivity index (χ0v) is 8.83. The van der Waals surface area contributed by atoms with Gasteiger partial charge in [0.1, 0.15) is 0 Å². The smallest absolute Gasteiger partial charge is 0.303 e. The Labute approximate surface area is 85.1 Å². The molecule has 1 saturated carbocycles. The van der Waals surface area contributed by atoms with Crippen molar-refractivity contribution in [2.45, 2.75) is 58.0 Å². The molecular weight excluding hydrogens is 180 g/mol. The van der Waals surface area contributed by atoms with Crippen LogP contribution < -0.4 is 0 Å². The number of aliphatic hydroxyl groups is 1. The summed E-state index contributed by atoms with van der Waals surface area (Å²) >= 11 is 0. The number of aliphatic carboxylic acids is 1. The molecular formula is C11H20O3. The van der Waals surface area contributed by atoms with E-state index in [0.717, 1.165) is 25.7 Å². The van der Waals surface area contributed by atoms with Crippen LogP contribution in [0, 0.1) is 5.41 Å². The predicted octanol–water partition coefficient (Wildman–Crippen LogP) is 2.18. The fourth-order valence-corrected chi connectivity index (χ4v) is 2.45. The van der Waals surface area contributed by atoms with E-state index in [1.54, 1.807) is 0 Å². The van der Waals surface area contributed by atoms with Crippen LogP contribution in [-0.4, -0.2) is 22.3 Å². The number of carboxylic acids is 1. The van der Waals surface area contributed by atoms with Gasteiger partial charge in [0.05, 0.1) is 12.5 Å². The Morgan fingerprint density at radius 1 is 1.43 bits per heavy atom. The van der Waals surface area contributed by atoms with Crippen LogP contribution in [0.1, 0.15) is 51.9 Å². The summed E-state index contributed by atoms with van der Waals surface area (Å²) in [6.07, 6.45) is 5.72. The molecule has 0 saturated heterocycles. The third-order valence-electron chi connectivity index (χ3n) is 3.17. The molecule has 3 heteroatoms. The van der Waals surface area contributed by atoms with Crippen LogP contribution in [0.2, 0.25) is 0 Å². The normalized spacial score (nSPS) is 31.1. The van der Waals surface area contributed by atoms with Gasteiger partial charge in [0, 0.05) is 0 Å². The Kier molecular flexibility index (Phi) is 3.93. The Morgan fingerprint density at radius 3 is 2.50 bits per heavy atom. The molecule has 1 fully saturated rings. The lowest BCUT2D eigenvalue weighted by Gasteiger charge is -2.44. The van der Waals surface area contributed by atoms with Gasteiger partial charge < -0.3 is 10.2 Å². The lowest BCUT2D eigenvalue weighted by Crippen LogP contribution is -2.42. The molecule has 0 aliphatic heterocycles. The van der Waals surface area contributed by atoms with Crippen molar-refractivity contribution in [2.75, 3.05) is 0 Å². The summed E-state index contributed by atoms with van der Waals surface area (Å²) in [5.74, 6) is -0.728. The Morgan fingerprint density at radius 2 is 2.07 bits per heavy atom. The van der Waals surface area contributed by atoms with Crippen molar-refractivity contribution in [3.8, 4) is 0 Å². The second kappa shape index (κ2) is 4.78. The van der Waals surface area contributed by atoms with Crippen molar-refractivity contribution in [1.29, 1.82) is 0 Å². The summed E-state index contributed by atoms with van der Waals surface area (Å²) in [5.41, 5.74) is -0.0829. The first kappa shape index (κ1) is 11.5. The molecule has 0 heterocycles. The molecule has 1 aliphatic carbocycles. The first-order valence-electron chi connectivity index (χ1n) is 5.48. The van der Waals surface area contributed by atoms with E-state index in [4.69, 9.17) is 5.11 Å². The number of hydrogen-bond acceptors (Lipinski definition) is 2. The molecule has 82 valence electrons. The zero-order chi connectivity index (χ0) is 10.6. The number of carboxylic acid groups (broad SMARTS) is 1. The van der Waals surface area contributed by atoms with Gasteiger partial charge in [-0.3, -0.25) is 4.79 Å². The van der Waals surface area contributed by atoms with Crippen LogP contribution in [0.15, 0.2) is 0 Å². The summed E-state index contributed by atoms with van der Waals surface area (Å²) in [5, 5.41) is 18.0. The van der Waals surface area contributed by atoms with Crippen LogP contribution in [0.4, 0.5) is 0 Å². The van der Waals surface area contributed by atoms with E-state index in [0.29, 0.717) is 12.8 Å². The van der Waals surface area contributed by atoms with Gasteiger partial charge in [-0.15, -0.1) is 0 Å². The van der Waals surface area contributed by atoms with Crippen molar-refractivity contribution in [3.63, 3.8) is 0 Å². The molecule has 0 spiro atoms. The maximum absolute atomic E-state index is 10.7. The van der Waals surface area contributed by atoms with E-state index in [-0.39, 0.29) is 17.9 Å². The molecule has 0 unspecified atom stereocenters. The van der Waals surface area contributed by atoms with Crippen molar-refractivity contribution >= 4 is 5.97 Å². The number of aliphatic hydroxyl groups excluding tert-OH is 1. The summed E-state index contributed by atoms with van der Waals surface area (Å²) in [6, 6.07) is 0. The van der Waals surface area contributed by atoms with E-state index in [2.05, 4.69) is 6.92 Å². The molecule has 1 aliphatic rings. The Bertz CT molecular complexity index is 195. The Hall–Kier alpha value is -0.570. The predicted molar refractivity (Wildman–Crippen MR) is 54.1 cm³/mol. The minimum absolute atomic E-state index is 0.0829. The summed E-state index contributed by atoms with van der Waals surface area (Å²) in [6.45, 7) is 2.14. The summed E-state index contributed by atoms with van der Waals surface area (Å²) < 4.78 is 0. The number of rotatable bonds is 6. The lowest BCUT2D eigenvalue weighted by molar-refractivity contribution is -0.145. The monoisotopic (exact) mass is 200 g/mol. The van der Waals surface area contributed by atoms with Crippen LogP contribution >= 0.6 is 0 Å². The van der Waals surface area contributed by atoms with Gasteiger partial charge in [-0.1, -0.05) is 26.2 Å². The fraction of sp³-hybridized carbons (Fsp3) is 0.909. The topological polar surface area (TPSA) is 57.5 Å². The van der Waals surface area contributed by atoms with Crippen LogP contribution in [0.5, 0.6) is 0 Å². The lowest BCUT2D eigenvalue weighted by atomic mass is 9.62. The molecule has 0 aromatic carbocycles. The second-order valence-electron chi connectivity index (χ2n) is 4.59. The van der Waals surface area contributed by atoms with Gasteiger partial charge >= 0.3 is 5.97 Å². The largest absolute Gasteiger partial charge is 0.481 e. The molecule has 3 nitrogen and oxygen atoms in total. The Balaban J connectivity index is 2.35. The molecule has 14 heavy (non-hydrogen) atoms. The van der Waals surface area contributed by atoms with Crippen molar-refractivity contribution < 1.29 is 15.0 Å². The third kappa shape index (κ3) is 2.98. The van der Waals surface area contributed by atoms with Gasteiger partial charge in [-0.25, -0.2) is 0 Å². The zero-order valence-electron chi connectivity index (χ0n) is 8.83. The minimum atomic E-state index is -0.728. The van der Waals surface area contributed by atoms with Gasteiger partial charge in [0.2, 0.25) is 0 Å². The van der Waals surface area contributed by atoms with E-state index >= 15 is 0 Å². The van der Waals surface area contributed by atoms with E-state index in [1.165, 1.54) is 0 Å². The van der Waals surface area contributed by atoms with Crippen molar-refractivity contribution in [1.82, 2.24) is 0 Å². The summed E-state index contributed by atoms with van der Waals surface area (Å²) in [4.78, 5) is 10.7. The van der Waals surface area contributed by atoms with Crippen molar-refractivity contribution in [2.24, 2.45) is 5.41 Å². The number of hydrogen-bond donors (Lipinski definition) is 2. The maximum Gasteiger partial charge on any atom is 0.303 e. The number of unbranched alkanes of at least 4 members (excludes halogenated alkanes) is 2. The van der Waals surface area contributed by atoms with E-state index in [1.807, 2.05) is 0 Å². The highest BCUT2D eigenvalue weighted by Crippen LogP contribution is 2.48. The maximum atomic E-state index is 10.7. The van der Waals surface area contributed by atoms with Gasteiger partial charge in [-0.05, 0) is 24.7 Å². The quantitative estimate of drug-likeness (QED) is 0.646. The highest BCUT2D eigenvalue weighted by Gasteiger charge is 2.44. The molecule has 0 amide bonds. The standard InChI is InChI=1S/C11H20O3/c1-2-3-4-5-11(8-10(13)14)6-9(12)7-11/h9,12H,2-8H2,1H3,(H,13,14). The van der Waals surface area contributed by atoms with Gasteiger partial charge in [-0.2, -0.15) is 0 Å². The summed E-state index contributed by atoms with van der Waals surface area (Å²) in [7, 11) is 0. The van der Waals surface area contributed by atoms with Crippen molar-refractivity contribution in [3.05, 3.63) is 0 Å². The average molecular weight is 200 g/mol. The molecule has 1 rings (SSSR count). The molecule has 2 N–H and O–H groups in total. The third-order valence-corrected chi connectivity index (χ3v) is 3.17. The molecule has 0 atom stereocenters. The second-order valence-corrected chi connectivity index (χ2v) is 4.59. The SMILES string of the molecule is CCCCCC1(CC(=O)O)CC(O)C1. The van der Waals surface area contributed by atoms with E-state index < -0.39 is 5.97 Å². The molecule has 0 radical (unpaired) electrons. The average Bonchev–Trinajstić information content (AvgIpc) is 2.01. The van der Waals surface area contributed by atoms with Crippen LogP contribution in [0.3, 0.4) is 0 Å². The first-order valence-corrected chi connectivity index (χ1v) is 5.48. The highest BCUT2D eigenvalue weighted by molar-refractivity contribution is 5.68. The van der Waals surface area contributed by atoms with Crippen LogP contribution in [0.25, 0.3) is 0 Å². The van der Waals surface area contributed by atoms with Crippen LogP contribution in [-0.2, 0) is 4.79 Å². The molecule has 0 aromatic rings. The first-order chi connectivity index (χ1) is 6.58. The van der Waals surface area contributed by atoms with Gasteiger partial charge in [0.15, 0.2) is 0 Å². The molecule has 0 bridgehead atoms. The van der Waals surface area contributed by atoms with E-state index in [9.17, 15) is 9.90 Å². The fourth-order valence-electron chi connectivity index (χ4n) is 2.45. The van der Waals surface area contributed by atoms with Gasteiger partial charge in [0.25, 0.3) is 0 Å². The number of carbonyl (C=O) groups is 1. The highest BCUT2D eigenvalue weighted by atomic mass is 16.4. The molecule has 0 aromatic heterocycles. The minimum Gasteiger partial charge on any atom is -0.481 e.